The van der Waals surface area contributed by atoms with Crippen LogP contribution in [0, 0.1) is 0 Å². The minimum atomic E-state index is -4.24. The lowest BCUT2D eigenvalue weighted by Crippen LogP contribution is -2.23. The average Bonchev–Trinajstić information content (AvgIpc) is 2.79. The van der Waals surface area contributed by atoms with E-state index in [0.717, 1.165) is 7.11 Å². The number of fused-ring (bicyclic) bond motifs is 1. The quantitative estimate of drug-likeness (QED) is 0.229. The van der Waals surface area contributed by atoms with Crippen LogP contribution in [0.2, 0.25) is 5.02 Å². The van der Waals surface area contributed by atoms with E-state index < -0.39 is 10.1 Å². The number of hydrogen-bond acceptors (Lipinski definition) is 10. The highest BCUT2D eigenvalue weighted by atomic mass is 79.9. The molecule has 3 rings (SSSR count). The number of carbonyl (C=O) groups excluding carboxylic acids is 1. The van der Waals surface area contributed by atoms with E-state index in [0.29, 0.717) is 15.7 Å². The maximum atomic E-state index is 12.6. The number of thiocarbonyl (C=S) groups is 1. The van der Waals surface area contributed by atoms with Crippen LogP contribution < -0.4 is 22.1 Å². The molecule has 0 bridgehead atoms. The first-order valence-corrected chi connectivity index (χ1v) is 12.6. The van der Waals surface area contributed by atoms with Crippen LogP contribution in [0.3, 0.4) is 0 Å². The monoisotopic (exact) mass is 602 g/mol. The molecule has 0 atom stereocenters. The van der Waals surface area contributed by atoms with Crippen molar-refractivity contribution in [3.05, 3.63) is 39.0 Å². The Kier molecular flexibility index (Phi) is 8.08. The Bertz CT molecular complexity index is 1450. The topological polar surface area (TPSA) is 178 Å². The summed E-state index contributed by atoms with van der Waals surface area (Å²) in [6.45, 7) is -0.195. The zero-order valence-corrected chi connectivity index (χ0v) is 22.6. The predicted octanol–water partition coefficient (Wildman–Crippen LogP) is 2.34. The van der Waals surface area contributed by atoms with Crippen LogP contribution in [-0.2, 0) is 20.8 Å². The van der Waals surface area contributed by atoms with E-state index in [4.69, 9.17) is 35.3 Å². The Labute approximate surface area is 219 Å². The lowest BCUT2D eigenvalue weighted by atomic mass is 10.1. The van der Waals surface area contributed by atoms with Crippen LogP contribution >= 0.6 is 39.7 Å². The molecule has 0 fully saturated rings. The molecule has 0 unspecified atom stereocenters. The molecule has 0 spiro atoms. The van der Waals surface area contributed by atoms with Crippen LogP contribution in [-0.4, -0.2) is 60.5 Å². The van der Waals surface area contributed by atoms with Gasteiger partial charge in [0.1, 0.15) is 4.90 Å². The Morgan fingerprint density at radius 1 is 1.31 bits per heavy atom. The van der Waals surface area contributed by atoms with E-state index in [1.54, 1.807) is 20.2 Å². The van der Waals surface area contributed by atoms with Crippen molar-refractivity contribution in [3.8, 4) is 0 Å². The molecule has 35 heavy (non-hydrogen) atoms. The molecule has 0 radical (unpaired) electrons. The van der Waals surface area contributed by atoms with Crippen molar-refractivity contribution in [3.63, 3.8) is 0 Å². The molecule has 186 valence electrons. The van der Waals surface area contributed by atoms with Crippen LogP contribution in [0.4, 0.5) is 17.5 Å². The molecule has 1 aromatic carbocycles. The lowest BCUT2D eigenvalue weighted by Gasteiger charge is -2.16. The summed E-state index contributed by atoms with van der Waals surface area (Å²) in [5, 5.41) is 5.80. The normalized spacial score (nSPS) is 11.4. The third kappa shape index (κ3) is 5.60. The number of carbonyl (C=O) groups is 1. The molecule has 1 amide bonds. The van der Waals surface area contributed by atoms with Gasteiger partial charge in [-0.25, -0.2) is 9.97 Å². The highest BCUT2D eigenvalue weighted by Crippen LogP contribution is 2.33. The summed E-state index contributed by atoms with van der Waals surface area (Å²) in [6, 6.07) is 3.12. The van der Waals surface area contributed by atoms with Crippen LogP contribution in [0.5, 0.6) is 0 Å². The van der Waals surface area contributed by atoms with Crippen LogP contribution in [0.1, 0.15) is 15.9 Å². The van der Waals surface area contributed by atoms with Gasteiger partial charge in [-0.3, -0.25) is 8.98 Å². The van der Waals surface area contributed by atoms with Gasteiger partial charge in [0.25, 0.3) is 5.91 Å². The molecule has 0 aliphatic heterocycles. The first-order valence-electron chi connectivity index (χ1n) is 9.64. The number of anilines is 3. The standard InChI is InChI=1S/C19H20BrClN8O4S2/c1-29(2)17(30)8-4-12(21)13(5-11(8)20)25-19-24-7-10-9(6-22)14(35(31,32)33-3)16(27-18(23)34)26-15(10)28-19/h4-5,7H,6,22H2,1-3H3,(H4,23,24,25,26,27,28,34). The SMILES string of the molecule is COS(=O)(=O)c1c(NC(N)=S)nc2nc(Nc3cc(Br)c(C(=O)N(C)C)cc3Cl)ncc2c1CN. The van der Waals surface area contributed by atoms with Crippen molar-refractivity contribution in [1.29, 1.82) is 0 Å². The van der Waals surface area contributed by atoms with Gasteiger partial charge in [-0.2, -0.15) is 13.4 Å². The molecule has 0 aliphatic carbocycles. The van der Waals surface area contributed by atoms with Crippen LogP contribution in [0.25, 0.3) is 11.0 Å². The van der Waals surface area contributed by atoms with Crippen molar-refractivity contribution >= 4 is 89.4 Å². The second-order valence-corrected chi connectivity index (χ2v) is 10.5. The molecule has 16 heteroatoms. The molecular weight excluding hydrogens is 584 g/mol. The van der Waals surface area contributed by atoms with Gasteiger partial charge >= 0.3 is 10.1 Å². The van der Waals surface area contributed by atoms with Gasteiger partial charge in [-0.15, -0.1) is 0 Å². The molecule has 6 N–H and O–H groups in total. The molecule has 3 aromatic rings. The molecule has 0 saturated carbocycles. The highest BCUT2D eigenvalue weighted by Gasteiger charge is 2.27. The Balaban J connectivity index is 2.13. The second-order valence-electron chi connectivity index (χ2n) is 7.15. The summed E-state index contributed by atoms with van der Waals surface area (Å²) in [4.78, 5) is 26.3. The van der Waals surface area contributed by atoms with Gasteiger partial charge in [0.2, 0.25) is 5.95 Å². The van der Waals surface area contributed by atoms with Crippen molar-refractivity contribution in [2.75, 3.05) is 31.8 Å². The Morgan fingerprint density at radius 3 is 2.57 bits per heavy atom. The maximum Gasteiger partial charge on any atom is 0.300 e. The summed E-state index contributed by atoms with van der Waals surface area (Å²) < 4.78 is 30.3. The fourth-order valence-corrected chi connectivity index (χ4v) is 4.89. The largest absolute Gasteiger partial charge is 0.376 e. The highest BCUT2D eigenvalue weighted by molar-refractivity contribution is 9.10. The maximum absolute atomic E-state index is 12.6. The number of nitrogens with one attached hydrogen (secondary N) is 2. The van der Waals surface area contributed by atoms with Crippen molar-refractivity contribution < 1.29 is 17.4 Å². The van der Waals surface area contributed by atoms with Crippen LogP contribution in [0.15, 0.2) is 27.7 Å². The van der Waals surface area contributed by atoms with Gasteiger partial charge in [0.15, 0.2) is 16.6 Å². The van der Waals surface area contributed by atoms with Gasteiger partial charge in [0, 0.05) is 42.3 Å². The molecule has 2 aromatic heterocycles. The number of nitrogens with two attached hydrogens (primary N) is 2. The summed E-state index contributed by atoms with van der Waals surface area (Å²) in [6.07, 6.45) is 1.37. The summed E-state index contributed by atoms with van der Waals surface area (Å²) >= 11 is 14.6. The predicted molar refractivity (Wildman–Crippen MR) is 140 cm³/mol. The van der Waals surface area contributed by atoms with E-state index in [9.17, 15) is 13.2 Å². The number of halogens is 2. The fraction of sp³-hybridized carbons (Fsp3) is 0.211. The fourth-order valence-electron chi connectivity index (χ4n) is 3.08. The number of hydrogen-bond donors (Lipinski definition) is 4. The molecule has 2 heterocycles. The molecular formula is C19H20BrClN8O4S2. The smallest absolute Gasteiger partial charge is 0.300 e. The Hall–Kier alpha value is -2.69. The van der Waals surface area contributed by atoms with E-state index in [1.165, 1.54) is 17.2 Å². The van der Waals surface area contributed by atoms with E-state index >= 15 is 0 Å². The van der Waals surface area contributed by atoms with E-state index in [-0.39, 0.29) is 55.8 Å². The minimum Gasteiger partial charge on any atom is -0.376 e. The third-order valence-corrected chi connectivity index (χ3v) is 7.10. The van der Waals surface area contributed by atoms with E-state index in [2.05, 4.69) is 45.7 Å². The van der Waals surface area contributed by atoms with Crippen molar-refractivity contribution in [1.82, 2.24) is 19.9 Å². The summed E-state index contributed by atoms with van der Waals surface area (Å²) in [5.41, 5.74) is 12.5. The van der Waals surface area contributed by atoms with Crippen molar-refractivity contribution in [2.24, 2.45) is 11.5 Å². The number of nitrogens with zero attached hydrogens (tertiary/aromatic N) is 4. The number of benzene rings is 1. The Morgan fingerprint density at radius 2 is 2.00 bits per heavy atom. The number of rotatable bonds is 7. The van der Waals surface area contributed by atoms with Gasteiger partial charge in [-0.05, 0) is 40.3 Å². The second kappa shape index (κ2) is 10.5. The molecule has 0 aliphatic rings. The third-order valence-electron chi connectivity index (χ3n) is 4.66. The lowest BCUT2D eigenvalue weighted by molar-refractivity contribution is 0.0826. The van der Waals surface area contributed by atoms with Gasteiger partial charge in [0.05, 0.1) is 23.4 Å². The molecule has 0 saturated heterocycles. The number of pyridine rings is 1. The number of aromatic nitrogens is 3. The summed E-state index contributed by atoms with van der Waals surface area (Å²) in [7, 11) is 0.0252. The van der Waals surface area contributed by atoms with Gasteiger partial charge < -0.3 is 27.0 Å². The zero-order valence-electron chi connectivity index (χ0n) is 18.6. The van der Waals surface area contributed by atoms with Crippen molar-refractivity contribution in [2.45, 2.75) is 11.4 Å². The summed E-state index contributed by atoms with van der Waals surface area (Å²) in [5.74, 6) is -0.327. The average molecular weight is 604 g/mol. The number of amides is 1. The first-order chi connectivity index (χ1) is 16.4. The zero-order chi connectivity index (χ0) is 26.1. The molecule has 12 nitrogen and oxygen atoms in total. The first kappa shape index (κ1) is 26.9. The van der Waals surface area contributed by atoms with E-state index in [1.807, 2.05) is 0 Å². The minimum absolute atomic E-state index is 0.0945. The van der Waals surface area contributed by atoms with Gasteiger partial charge in [-0.1, -0.05) is 11.6 Å².